The molecule has 0 nitrogen and oxygen atoms in total. The van der Waals surface area contributed by atoms with E-state index in [0.29, 0.717) is 0 Å². The fourth-order valence-corrected chi connectivity index (χ4v) is 2.08. The van der Waals surface area contributed by atoms with E-state index in [-0.39, 0.29) is 0 Å². The molecular weight excluding hydrogens is 120 g/mol. The molecule has 0 aromatic carbocycles. The maximum atomic E-state index is 2.39. The number of unbranched alkanes of at least 4 members (excludes halogenated alkanes) is 1. The highest BCUT2D eigenvalue weighted by atomic mass is 14.3. The molecule has 1 aliphatic rings. The fourth-order valence-electron chi connectivity index (χ4n) is 2.08. The van der Waals surface area contributed by atoms with E-state index in [9.17, 15) is 0 Å². The van der Waals surface area contributed by atoms with Crippen LogP contribution in [-0.4, -0.2) is 0 Å². The predicted molar refractivity (Wildman–Crippen MR) is 46.0 cm³/mol. The minimum absolute atomic E-state index is 1.03. The van der Waals surface area contributed by atoms with Gasteiger partial charge in [0.25, 0.3) is 0 Å². The first-order valence-corrected chi connectivity index (χ1v) is 4.83. The average molecular weight is 140 g/mol. The van der Waals surface area contributed by atoms with Crippen LogP contribution in [0.25, 0.3) is 0 Å². The molecular formula is C10H20. The molecule has 1 aliphatic carbocycles. The first-order valence-electron chi connectivity index (χ1n) is 4.83. The summed E-state index contributed by atoms with van der Waals surface area (Å²) >= 11 is 0. The Morgan fingerprint density at radius 1 is 1.30 bits per heavy atom. The Balaban J connectivity index is 2.06. The van der Waals surface area contributed by atoms with E-state index in [4.69, 9.17) is 0 Å². The van der Waals surface area contributed by atoms with E-state index in [2.05, 4.69) is 13.8 Å². The summed E-state index contributed by atoms with van der Waals surface area (Å²) in [5, 5.41) is 0. The lowest BCUT2D eigenvalue weighted by molar-refractivity contribution is 0.461. The molecule has 1 fully saturated rings. The molecule has 0 N–H and O–H groups in total. The molecule has 0 bridgehead atoms. The summed E-state index contributed by atoms with van der Waals surface area (Å²) in [5.74, 6) is 2.12. The molecule has 1 unspecified atom stereocenters. The Morgan fingerprint density at radius 3 is 2.60 bits per heavy atom. The van der Waals surface area contributed by atoms with Crippen molar-refractivity contribution in [3.05, 3.63) is 0 Å². The van der Waals surface area contributed by atoms with E-state index in [1.54, 1.807) is 0 Å². The SMILES string of the molecule is CCCCC1CC[C@@H](C)C1. The van der Waals surface area contributed by atoms with Gasteiger partial charge in [0.15, 0.2) is 0 Å². The van der Waals surface area contributed by atoms with Crippen molar-refractivity contribution in [2.75, 3.05) is 0 Å². The number of hydrogen-bond donors (Lipinski definition) is 0. The Hall–Kier alpha value is 0. The molecule has 0 aliphatic heterocycles. The van der Waals surface area contributed by atoms with Crippen molar-refractivity contribution in [1.29, 1.82) is 0 Å². The number of rotatable bonds is 3. The second kappa shape index (κ2) is 4.00. The van der Waals surface area contributed by atoms with Gasteiger partial charge in [0.1, 0.15) is 0 Å². The fraction of sp³-hybridized carbons (Fsp3) is 1.00. The van der Waals surface area contributed by atoms with Crippen LogP contribution in [0.2, 0.25) is 0 Å². The zero-order chi connectivity index (χ0) is 7.40. The second-order valence-electron chi connectivity index (χ2n) is 3.93. The third-order valence-electron chi connectivity index (χ3n) is 2.77. The summed E-state index contributed by atoms with van der Waals surface area (Å²) in [6.45, 7) is 4.68. The lowest BCUT2D eigenvalue weighted by Crippen LogP contribution is -1.93. The van der Waals surface area contributed by atoms with Crippen molar-refractivity contribution in [1.82, 2.24) is 0 Å². The summed E-state index contributed by atoms with van der Waals surface area (Å²) in [5.41, 5.74) is 0. The topological polar surface area (TPSA) is 0 Å². The van der Waals surface area contributed by atoms with Crippen LogP contribution in [0.4, 0.5) is 0 Å². The van der Waals surface area contributed by atoms with Crippen LogP contribution in [0.1, 0.15) is 52.4 Å². The van der Waals surface area contributed by atoms with Crippen molar-refractivity contribution >= 4 is 0 Å². The van der Waals surface area contributed by atoms with Gasteiger partial charge in [0.2, 0.25) is 0 Å². The van der Waals surface area contributed by atoms with Gasteiger partial charge in [-0.15, -0.1) is 0 Å². The van der Waals surface area contributed by atoms with Crippen LogP contribution in [0, 0.1) is 11.8 Å². The van der Waals surface area contributed by atoms with Gasteiger partial charge in [-0.05, 0) is 18.3 Å². The summed E-state index contributed by atoms with van der Waals surface area (Å²) in [7, 11) is 0. The molecule has 0 radical (unpaired) electrons. The Bertz CT molecular complexity index is 86.0. The van der Waals surface area contributed by atoms with Gasteiger partial charge < -0.3 is 0 Å². The van der Waals surface area contributed by atoms with Gasteiger partial charge in [-0.1, -0.05) is 46.0 Å². The molecule has 0 spiro atoms. The minimum atomic E-state index is 1.03. The van der Waals surface area contributed by atoms with Gasteiger partial charge in [0.05, 0.1) is 0 Å². The predicted octanol–water partition coefficient (Wildman–Crippen LogP) is 3.61. The molecule has 1 rings (SSSR count). The van der Waals surface area contributed by atoms with Crippen LogP contribution in [0.3, 0.4) is 0 Å². The normalized spacial score (nSPS) is 33.0. The Morgan fingerprint density at radius 2 is 2.10 bits per heavy atom. The monoisotopic (exact) mass is 140 g/mol. The number of hydrogen-bond acceptors (Lipinski definition) is 0. The lowest BCUT2D eigenvalue weighted by Gasteiger charge is -2.06. The van der Waals surface area contributed by atoms with E-state index in [1.807, 2.05) is 0 Å². The molecule has 0 heteroatoms. The van der Waals surface area contributed by atoms with Crippen LogP contribution >= 0.6 is 0 Å². The maximum absolute atomic E-state index is 2.39. The first-order chi connectivity index (χ1) is 4.83. The van der Waals surface area contributed by atoms with Gasteiger partial charge in [-0.3, -0.25) is 0 Å². The van der Waals surface area contributed by atoms with Crippen LogP contribution in [0.5, 0.6) is 0 Å². The third-order valence-corrected chi connectivity index (χ3v) is 2.77. The quantitative estimate of drug-likeness (QED) is 0.561. The summed E-state index contributed by atoms with van der Waals surface area (Å²) in [6.07, 6.45) is 8.86. The standard InChI is InChI=1S/C10H20/c1-3-4-5-10-7-6-9(2)8-10/h9-10H,3-8H2,1-2H3/t9-,10?/m1/s1. The Kier molecular flexibility index (Phi) is 3.24. The van der Waals surface area contributed by atoms with Crippen molar-refractivity contribution in [3.8, 4) is 0 Å². The minimum Gasteiger partial charge on any atom is -0.0654 e. The van der Waals surface area contributed by atoms with Crippen LogP contribution < -0.4 is 0 Å². The largest absolute Gasteiger partial charge is 0.0654 e. The van der Waals surface area contributed by atoms with E-state index >= 15 is 0 Å². The van der Waals surface area contributed by atoms with Gasteiger partial charge >= 0.3 is 0 Å². The molecule has 0 saturated heterocycles. The van der Waals surface area contributed by atoms with E-state index in [1.165, 1.54) is 38.5 Å². The van der Waals surface area contributed by atoms with Crippen molar-refractivity contribution in [2.24, 2.45) is 11.8 Å². The van der Waals surface area contributed by atoms with Gasteiger partial charge in [0, 0.05) is 0 Å². The van der Waals surface area contributed by atoms with Gasteiger partial charge in [-0.25, -0.2) is 0 Å². The highest BCUT2D eigenvalue weighted by Crippen LogP contribution is 2.33. The lowest BCUT2D eigenvalue weighted by atomic mass is 10.00. The molecule has 0 amide bonds. The molecule has 0 aromatic heterocycles. The molecule has 10 heavy (non-hydrogen) atoms. The van der Waals surface area contributed by atoms with Crippen LogP contribution in [0.15, 0.2) is 0 Å². The highest BCUT2D eigenvalue weighted by molar-refractivity contribution is 4.72. The first kappa shape index (κ1) is 8.10. The van der Waals surface area contributed by atoms with E-state index in [0.717, 1.165) is 11.8 Å². The summed E-state index contributed by atoms with van der Waals surface area (Å²) in [6, 6.07) is 0. The zero-order valence-corrected chi connectivity index (χ0v) is 7.40. The molecule has 0 heterocycles. The van der Waals surface area contributed by atoms with Crippen molar-refractivity contribution < 1.29 is 0 Å². The molecule has 60 valence electrons. The zero-order valence-electron chi connectivity index (χ0n) is 7.40. The highest BCUT2D eigenvalue weighted by Gasteiger charge is 2.19. The molecule has 2 atom stereocenters. The third kappa shape index (κ3) is 2.32. The average Bonchev–Trinajstić information content (AvgIpc) is 2.31. The van der Waals surface area contributed by atoms with Gasteiger partial charge in [-0.2, -0.15) is 0 Å². The Labute approximate surface area is 65.0 Å². The smallest absolute Gasteiger partial charge is 0.0412 e. The van der Waals surface area contributed by atoms with Crippen molar-refractivity contribution in [2.45, 2.75) is 52.4 Å². The maximum Gasteiger partial charge on any atom is -0.0412 e. The summed E-state index contributed by atoms with van der Waals surface area (Å²) in [4.78, 5) is 0. The molecule has 1 saturated carbocycles. The molecule has 0 aromatic rings. The summed E-state index contributed by atoms with van der Waals surface area (Å²) < 4.78 is 0. The second-order valence-corrected chi connectivity index (χ2v) is 3.93. The van der Waals surface area contributed by atoms with E-state index < -0.39 is 0 Å². The van der Waals surface area contributed by atoms with Crippen LogP contribution in [-0.2, 0) is 0 Å². The van der Waals surface area contributed by atoms with Crippen molar-refractivity contribution in [3.63, 3.8) is 0 Å².